The third-order valence-corrected chi connectivity index (χ3v) is 5.32. The summed E-state index contributed by atoms with van der Waals surface area (Å²) in [4.78, 5) is 0. The molecule has 0 aromatic rings. The average molecular weight is 208 g/mol. The van der Waals surface area contributed by atoms with Gasteiger partial charge >= 0.3 is 0 Å². The van der Waals surface area contributed by atoms with Crippen LogP contribution < -0.4 is 0 Å². The van der Waals surface area contributed by atoms with E-state index in [-0.39, 0.29) is 0 Å². The van der Waals surface area contributed by atoms with E-state index in [0.29, 0.717) is 0 Å². The first-order valence-electron chi connectivity index (χ1n) is 7.26. The van der Waals surface area contributed by atoms with Crippen molar-refractivity contribution < 1.29 is 0 Å². The van der Waals surface area contributed by atoms with Crippen molar-refractivity contribution in [2.24, 2.45) is 17.3 Å². The van der Waals surface area contributed by atoms with Crippen LogP contribution in [0.15, 0.2) is 0 Å². The molecule has 0 heterocycles. The highest BCUT2D eigenvalue weighted by Crippen LogP contribution is 2.50. The highest BCUT2D eigenvalue weighted by atomic mass is 14.4. The van der Waals surface area contributed by atoms with Gasteiger partial charge in [0, 0.05) is 0 Å². The highest BCUT2D eigenvalue weighted by molar-refractivity contribution is 4.90. The van der Waals surface area contributed by atoms with Crippen LogP contribution >= 0.6 is 0 Å². The van der Waals surface area contributed by atoms with Crippen molar-refractivity contribution in [3.8, 4) is 0 Å². The molecule has 2 aliphatic rings. The second-order valence-corrected chi connectivity index (χ2v) is 6.27. The van der Waals surface area contributed by atoms with E-state index < -0.39 is 0 Å². The van der Waals surface area contributed by atoms with Gasteiger partial charge in [0.05, 0.1) is 0 Å². The Labute approximate surface area is 95.8 Å². The van der Waals surface area contributed by atoms with Crippen molar-refractivity contribution in [2.45, 2.75) is 78.1 Å². The minimum absolute atomic E-state index is 0.722. The molecule has 2 fully saturated rings. The molecule has 2 saturated carbocycles. The Morgan fingerprint density at radius 2 is 1.60 bits per heavy atom. The molecule has 0 nitrogen and oxygen atoms in total. The van der Waals surface area contributed by atoms with E-state index in [0.717, 1.165) is 17.3 Å². The predicted octanol–water partition coefficient (Wildman–Crippen LogP) is 5.17. The molecule has 2 unspecified atom stereocenters. The summed E-state index contributed by atoms with van der Waals surface area (Å²) < 4.78 is 0. The van der Waals surface area contributed by atoms with Gasteiger partial charge in [-0.1, -0.05) is 58.8 Å². The minimum atomic E-state index is 0.722. The largest absolute Gasteiger partial charge is 0.0651 e. The third kappa shape index (κ3) is 2.40. The van der Waals surface area contributed by atoms with Gasteiger partial charge in [0.2, 0.25) is 0 Å². The van der Waals surface area contributed by atoms with Gasteiger partial charge < -0.3 is 0 Å². The average Bonchev–Trinajstić information content (AvgIpc) is 2.30. The van der Waals surface area contributed by atoms with Crippen LogP contribution in [0.25, 0.3) is 0 Å². The molecule has 0 aliphatic heterocycles. The lowest BCUT2D eigenvalue weighted by Gasteiger charge is -2.47. The summed E-state index contributed by atoms with van der Waals surface area (Å²) in [5, 5.41) is 0. The molecule has 88 valence electrons. The Kier molecular flexibility index (Phi) is 3.74. The molecule has 0 bridgehead atoms. The molecule has 0 N–H and O–H groups in total. The summed E-state index contributed by atoms with van der Waals surface area (Å²) in [6, 6.07) is 0. The molecule has 0 aromatic carbocycles. The molecule has 0 amide bonds. The first kappa shape index (κ1) is 11.5. The molecule has 0 heteroatoms. The van der Waals surface area contributed by atoms with Crippen LogP contribution in [0.4, 0.5) is 0 Å². The molecule has 2 atom stereocenters. The van der Waals surface area contributed by atoms with Gasteiger partial charge in [0.25, 0.3) is 0 Å². The topological polar surface area (TPSA) is 0 Å². The van der Waals surface area contributed by atoms with Gasteiger partial charge in [0.15, 0.2) is 0 Å². The summed E-state index contributed by atoms with van der Waals surface area (Å²) in [6.07, 6.45) is 15.1. The fourth-order valence-electron chi connectivity index (χ4n) is 4.34. The first-order valence-corrected chi connectivity index (χ1v) is 7.26. The Morgan fingerprint density at radius 1 is 0.933 bits per heavy atom. The quantitative estimate of drug-likeness (QED) is 0.587. The van der Waals surface area contributed by atoms with E-state index in [9.17, 15) is 0 Å². The maximum Gasteiger partial charge on any atom is -0.0295 e. The van der Waals surface area contributed by atoms with Crippen molar-refractivity contribution in [1.82, 2.24) is 0 Å². The van der Waals surface area contributed by atoms with Crippen LogP contribution in [0.3, 0.4) is 0 Å². The smallest absolute Gasteiger partial charge is 0.0295 e. The fourth-order valence-corrected chi connectivity index (χ4v) is 4.34. The normalized spacial score (nSPS) is 36.4. The minimum Gasteiger partial charge on any atom is -0.0651 e. The van der Waals surface area contributed by atoms with Crippen molar-refractivity contribution in [3.05, 3.63) is 0 Å². The van der Waals surface area contributed by atoms with Gasteiger partial charge in [-0.05, 0) is 36.5 Å². The van der Waals surface area contributed by atoms with Gasteiger partial charge in [-0.25, -0.2) is 0 Å². The molecule has 15 heavy (non-hydrogen) atoms. The van der Waals surface area contributed by atoms with Gasteiger partial charge in [-0.15, -0.1) is 0 Å². The van der Waals surface area contributed by atoms with Crippen LogP contribution in [-0.4, -0.2) is 0 Å². The second-order valence-electron chi connectivity index (χ2n) is 6.27. The lowest BCUT2D eigenvalue weighted by atomic mass is 9.59. The molecule has 0 aromatic heterocycles. The fraction of sp³-hybridized carbons (Fsp3) is 1.00. The predicted molar refractivity (Wildman–Crippen MR) is 66.9 cm³/mol. The molecule has 0 radical (unpaired) electrons. The van der Waals surface area contributed by atoms with E-state index in [1.54, 1.807) is 0 Å². The molecule has 0 saturated heterocycles. The summed E-state index contributed by atoms with van der Waals surface area (Å²) in [5.74, 6) is 2.12. The van der Waals surface area contributed by atoms with Crippen molar-refractivity contribution >= 4 is 0 Å². The highest BCUT2D eigenvalue weighted by Gasteiger charge is 2.39. The lowest BCUT2D eigenvalue weighted by Crippen LogP contribution is -2.36. The molecular weight excluding hydrogens is 180 g/mol. The Hall–Kier alpha value is 0. The van der Waals surface area contributed by atoms with E-state index in [2.05, 4.69) is 13.8 Å². The second kappa shape index (κ2) is 4.89. The molecule has 0 spiro atoms. The lowest BCUT2D eigenvalue weighted by molar-refractivity contribution is 0.0398. The van der Waals surface area contributed by atoms with Gasteiger partial charge in [-0.2, -0.15) is 0 Å². The van der Waals surface area contributed by atoms with E-state index >= 15 is 0 Å². The molecule has 2 aliphatic carbocycles. The maximum atomic E-state index is 2.60. The molecule has 2 rings (SSSR count). The SMILES string of the molecule is CCC1CCCCC1C1(C)CCCCC1. The third-order valence-electron chi connectivity index (χ3n) is 5.32. The Morgan fingerprint density at radius 3 is 2.27 bits per heavy atom. The van der Waals surface area contributed by atoms with Crippen molar-refractivity contribution in [1.29, 1.82) is 0 Å². The summed E-state index contributed by atoms with van der Waals surface area (Å²) in [5.41, 5.74) is 0.722. The standard InChI is InChI=1S/C15H28/c1-3-13-9-5-6-10-14(13)15(2)11-7-4-8-12-15/h13-14H,3-12H2,1-2H3. The van der Waals surface area contributed by atoms with E-state index in [1.807, 2.05) is 0 Å². The van der Waals surface area contributed by atoms with Crippen molar-refractivity contribution in [2.75, 3.05) is 0 Å². The van der Waals surface area contributed by atoms with Crippen LogP contribution in [0.1, 0.15) is 78.1 Å². The van der Waals surface area contributed by atoms with E-state index in [4.69, 9.17) is 0 Å². The van der Waals surface area contributed by atoms with Crippen LogP contribution in [0, 0.1) is 17.3 Å². The van der Waals surface area contributed by atoms with Crippen LogP contribution in [-0.2, 0) is 0 Å². The summed E-state index contributed by atoms with van der Waals surface area (Å²) >= 11 is 0. The first-order chi connectivity index (χ1) is 7.26. The van der Waals surface area contributed by atoms with Crippen LogP contribution in [0.5, 0.6) is 0 Å². The monoisotopic (exact) mass is 208 g/mol. The zero-order chi connectivity index (χ0) is 10.7. The van der Waals surface area contributed by atoms with E-state index in [1.165, 1.54) is 64.2 Å². The summed E-state index contributed by atoms with van der Waals surface area (Å²) in [6.45, 7) is 5.01. The van der Waals surface area contributed by atoms with Gasteiger partial charge in [-0.3, -0.25) is 0 Å². The zero-order valence-corrected chi connectivity index (χ0v) is 10.7. The number of hydrogen-bond donors (Lipinski definition) is 0. The Balaban J connectivity index is 2.04. The summed E-state index contributed by atoms with van der Waals surface area (Å²) in [7, 11) is 0. The van der Waals surface area contributed by atoms with Crippen molar-refractivity contribution in [3.63, 3.8) is 0 Å². The number of rotatable bonds is 2. The van der Waals surface area contributed by atoms with Crippen LogP contribution in [0.2, 0.25) is 0 Å². The Bertz CT molecular complexity index is 188. The zero-order valence-electron chi connectivity index (χ0n) is 10.7. The number of hydrogen-bond acceptors (Lipinski definition) is 0. The molecular formula is C15H28. The van der Waals surface area contributed by atoms with Gasteiger partial charge in [0.1, 0.15) is 0 Å². The maximum absolute atomic E-state index is 2.60.